The monoisotopic (exact) mass is 265 g/mol. The number of hydrogen-bond donors (Lipinski definition) is 2. The lowest BCUT2D eigenvalue weighted by Gasteiger charge is -2.33. The van der Waals surface area contributed by atoms with Crippen molar-refractivity contribution in [3.05, 3.63) is 12.1 Å². The maximum Gasteiger partial charge on any atom is 0.163 e. The maximum absolute atomic E-state index is 6.04. The Morgan fingerprint density at radius 2 is 1.79 bits per heavy atom. The molecule has 5 heteroatoms. The molecule has 5 nitrogen and oxygen atoms in total. The van der Waals surface area contributed by atoms with Crippen molar-refractivity contribution in [1.82, 2.24) is 4.90 Å². The number of rotatable bonds is 4. The molecule has 0 fully saturated rings. The molecule has 0 unspecified atom stereocenters. The van der Waals surface area contributed by atoms with Gasteiger partial charge < -0.3 is 25.4 Å². The van der Waals surface area contributed by atoms with E-state index in [1.807, 2.05) is 12.1 Å². The summed E-state index contributed by atoms with van der Waals surface area (Å²) in [5.41, 5.74) is 7.65. The van der Waals surface area contributed by atoms with E-state index >= 15 is 0 Å². The second-order valence-electron chi connectivity index (χ2n) is 5.64. The van der Waals surface area contributed by atoms with Gasteiger partial charge in [0, 0.05) is 24.2 Å². The van der Waals surface area contributed by atoms with E-state index in [-0.39, 0.29) is 5.54 Å². The van der Waals surface area contributed by atoms with Gasteiger partial charge in [0.05, 0.1) is 11.4 Å². The zero-order chi connectivity index (χ0) is 14.0. The van der Waals surface area contributed by atoms with Crippen LogP contribution in [-0.4, -0.2) is 44.3 Å². The van der Waals surface area contributed by atoms with Crippen LogP contribution >= 0.6 is 0 Å². The Morgan fingerprint density at radius 1 is 1.21 bits per heavy atom. The van der Waals surface area contributed by atoms with Crippen LogP contribution in [0.5, 0.6) is 11.5 Å². The van der Waals surface area contributed by atoms with Crippen molar-refractivity contribution in [2.45, 2.75) is 19.4 Å². The molecule has 1 aromatic rings. The lowest BCUT2D eigenvalue weighted by Crippen LogP contribution is -2.44. The molecular weight excluding hydrogens is 242 g/mol. The Bertz CT molecular complexity index is 458. The predicted molar refractivity (Wildman–Crippen MR) is 78.1 cm³/mol. The fourth-order valence-electron chi connectivity index (χ4n) is 1.73. The molecule has 0 radical (unpaired) electrons. The molecule has 0 saturated heterocycles. The molecule has 0 spiro atoms. The molecule has 0 bridgehead atoms. The number of hydrogen-bond acceptors (Lipinski definition) is 5. The van der Waals surface area contributed by atoms with Crippen LogP contribution in [0.4, 0.5) is 11.4 Å². The standard InChI is InChI=1S/C14H23N3O2/c1-14(2,17(3)4)9-16-11-8-13-12(7-10(11)15)18-5-6-19-13/h7-8,16H,5-6,9,15H2,1-4H3. The number of fused-ring (bicyclic) bond motifs is 1. The van der Waals surface area contributed by atoms with Crippen LogP contribution in [0.25, 0.3) is 0 Å². The van der Waals surface area contributed by atoms with Gasteiger partial charge in [-0.05, 0) is 27.9 Å². The molecule has 3 N–H and O–H groups in total. The predicted octanol–water partition coefficient (Wildman–Crippen LogP) is 1.79. The molecule has 106 valence electrons. The first kappa shape index (κ1) is 13.8. The first-order valence-electron chi connectivity index (χ1n) is 6.50. The van der Waals surface area contributed by atoms with Crippen molar-refractivity contribution in [3.8, 4) is 11.5 Å². The van der Waals surface area contributed by atoms with Gasteiger partial charge in [0.1, 0.15) is 13.2 Å². The van der Waals surface area contributed by atoms with Gasteiger partial charge in [0.2, 0.25) is 0 Å². The molecule has 1 heterocycles. The van der Waals surface area contributed by atoms with Gasteiger partial charge in [-0.15, -0.1) is 0 Å². The van der Waals surface area contributed by atoms with Crippen molar-refractivity contribution < 1.29 is 9.47 Å². The minimum absolute atomic E-state index is 0.0414. The molecule has 1 aliphatic heterocycles. The van der Waals surface area contributed by atoms with Gasteiger partial charge in [-0.25, -0.2) is 0 Å². The Kier molecular flexibility index (Phi) is 3.75. The molecule has 1 aromatic carbocycles. The molecule has 2 rings (SSSR count). The van der Waals surface area contributed by atoms with E-state index in [1.54, 1.807) is 0 Å². The number of likely N-dealkylation sites (N-methyl/N-ethyl adjacent to an activating group) is 1. The third-order valence-corrected chi connectivity index (χ3v) is 3.64. The molecule has 1 aliphatic rings. The van der Waals surface area contributed by atoms with Gasteiger partial charge in [0.15, 0.2) is 11.5 Å². The number of nitrogen functional groups attached to an aromatic ring is 1. The summed E-state index contributed by atoms with van der Waals surface area (Å²) in [4.78, 5) is 2.17. The van der Waals surface area contributed by atoms with Crippen molar-refractivity contribution >= 4 is 11.4 Å². The summed E-state index contributed by atoms with van der Waals surface area (Å²) in [6, 6.07) is 3.73. The van der Waals surface area contributed by atoms with Gasteiger partial charge >= 0.3 is 0 Å². The summed E-state index contributed by atoms with van der Waals surface area (Å²) in [5.74, 6) is 1.48. The lowest BCUT2D eigenvalue weighted by atomic mass is 10.0. The Balaban J connectivity index is 2.13. The smallest absolute Gasteiger partial charge is 0.163 e. The van der Waals surface area contributed by atoms with Gasteiger partial charge in [-0.3, -0.25) is 0 Å². The highest BCUT2D eigenvalue weighted by molar-refractivity contribution is 5.72. The minimum Gasteiger partial charge on any atom is -0.486 e. The Labute approximate surface area is 114 Å². The fourth-order valence-corrected chi connectivity index (χ4v) is 1.73. The van der Waals surface area contributed by atoms with Crippen LogP contribution in [0.2, 0.25) is 0 Å². The number of nitrogens with two attached hydrogens (primary N) is 1. The molecular formula is C14H23N3O2. The maximum atomic E-state index is 6.04. The van der Waals surface area contributed by atoms with Crippen LogP contribution in [0.1, 0.15) is 13.8 Å². The van der Waals surface area contributed by atoms with Gasteiger partial charge in [0.25, 0.3) is 0 Å². The van der Waals surface area contributed by atoms with E-state index in [4.69, 9.17) is 15.2 Å². The summed E-state index contributed by atoms with van der Waals surface area (Å²) >= 11 is 0. The second kappa shape index (κ2) is 5.17. The van der Waals surface area contributed by atoms with Crippen LogP contribution in [-0.2, 0) is 0 Å². The molecule has 19 heavy (non-hydrogen) atoms. The summed E-state index contributed by atoms with van der Waals surface area (Å²) in [6.07, 6.45) is 0. The average molecular weight is 265 g/mol. The largest absolute Gasteiger partial charge is 0.486 e. The van der Waals surface area contributed by atoms with Crippen LogP contribution in [0.15, 0.2) is 12.1 Å². The molecule has 0 atom stereocenters. The van der Waals surface area contributed by atoms with Crippen LogP contribution < -0.4 is 20.5 Å². The second-order valence-corrected chi connectivity index (χ2v) is 5.64. The number of anilines is 2. The number of ether oxygens (including phenoxy) is 2. The number of nitrogens with zero attached hydrogens (tertiary/aromatic N) is 1. The highest BCUT2D eigenvalue weighted by Gasteiger charge is 2.21. The van der Waals surface area contributed by atoms with Gasteiger partial charge in [-0.2, -0.15) is 0 Å². The van der Waals surface area contributed by atoms with E-state index in [0.29, 0.717) is 18.9 Å². The average Bonchev–Trinajstić information content (AvgIpc) is 2.36. The third kappa shape index (κ3) is 3.04. The van der Waals surface area contributed by atoms with E-state index in [9.17, 15) is 0 Å². The van der Waals surface area contributed by atoms with E-state index in [2.05, 4.69) is 38.2 Å². The molecule has 0 saturated carbocycles. The minimum atomic E-state index is 0.0414. The topological polar surface area (TPSA) is 59.8 Å². The summed E-state index contributed by atoms with van der Waals surface area (Å²) in [7, 11) is 4.13. The van der Waals surface area contributed by atoms with E-state index in [0.717, 1.165) is 23.7 Å². The normalized spacial score (nSPS) is 14.6. The van der Waals surface area contributed by atoms with Crippen molar-refractivity contribution in [2.75, 3.05) is 44.9 Å². The highest BCUT2D eigenvalue weighted by atomic mass is 16.6. The van der Waals surface area contributed by atoms with Crippen LogP contribution in [0.3, 0.4) is 0 Å². The fraction of sp³-hybridized carbons (Fsp3) is 0.571. The van der Waals surface area contributed by atoms with E-state index in [1.165, 1.54) is 0 Å². The van der Waals surface area contributed by atoms with Crippen molar-refractivity contribution in [3.63, 3.8) is 0 Å². The summed E-state index contributed by atoms with van der Waals surface area (Å²) < 4.78 is 11.1. The zero-order valence-corrected chi connectivity index (χ0v) is 12.1. The first-order valence-corrected chi connectivity index (χ1v) is 6.50. The third-order valence-electron chi connectivity index (χ3n) is 3.64. The zero-order valence-electron chi connectivity index (χ0n) is 12.1. The first-order chi connectivity index (χ1) is 8.90. The lowest BCUT2D eigenvalue weighted by molar-refractivity contribution is 0.172. The molecule has 0 aliphatic carbocycles. The number of nitrogens with one attached hydrogen (secondary N) is 1. The summed E-state index contributed by atoms with van der Waals surface area (Å²) in [6.45, 7) is 6.30. The summed E-state index contributed by atoms with van der Waals surface area (Å²) in [5, 5.41) is 3.38. The van der Waals surface area contributed by atoms with Crippen molar-refractivity contribution in [2.24, 2.45) is 0 Å². The Hall–Kier alpha value is -1.62. The Morgan fingerprint density at radius 3 is 2.37 bits per heavy atom. The SMILES string of the molecule is CN(C)C(C)(C)CNc1cc2c(cc1N)OCCO2. The van der Waals surface area contributed by atoms with E-state index < -0.39 is 0 Å². The van der Waals surface area contributed by atoms with Crippen LogP contribution in [0, 0.1) is 0 Å². The van der Waals surface area contributed by atoms with Crippen molar-refractivity contribution in [1.29, 1.82) is 0 Å². The number of benzene rings is 1. The van der Waals surface area contributed by atoms with Gasteiger partial charge in [-0.1, -0.05) is 0 Å². The molecule has 0 amide bonds. The molecule has 0 aromatic heterocycles. The quantitative estimate of drug-likeness (QED) is 0.813. The highest BCUT2D eigenvalue weighted by Crippen LogP contribution is 2.37.